The molecule has 0 aliphatic rings. The molecule has 0 radical (unpaired) electrons. The van der Waals surface area contributed by atoms with Gasteiger partial charge in [0, 0.05) is 22.3 Å². The van der Waals surface area contributed by atoms with Gasteiger partial charge in [0.05, 0.1) is 5.56 Å². The number of carbonyl (C=O) groups is 1. The fourth-order valence-electron chi connectivity index (χ4n) is 3.33. The number of benzene rings is 3. The first-order valence-corrected chi connectivity index (χ1v) is 9.62. The van der Waals surface area contributed by atoms with E-state index in [-0.39, 0.29) is 23.3 Å². The Morgan fingerprint density at radius 1 is 0.938 bits per heavy atom. The second kappa shape index (κ2) is 8.58. The van der Waals surface area contributed by atoms with Crippen LogP contribution in [0.4, 0.5) is 23.7 Å². The summed E-state index contributed by atoms with van der Waals surface area (Å²) >= 11 is 0. The number of nitrogens with one attached hydrogen (secondary N) is 2. The predicted molar refractivity (Wildman–Crippen MR) is 115 cm³/mol. The van der Waals surface area contributed by atoms with Gasteiger partial charge >= 0.3 is 12.3 Å². The normalized spacial score (nSPS) is 11.3. The zero-order valence-corrected chi connectivity index (χ0v) is 16.6. The average molecular weight is 438 g/mol. The van der Waals surface area contributed by atoms with Crippen LogP contribution in [0.1, 0.15) is 11.1 Å². The van der Waals surface area contributed by atoms with Crippen LogP contribution in [0.3, 0.4) is 0 Å². The van der Waals surface area contributed by atoms with E-state index in [9.17, 15) is 22.8 Å². The maximum Gasteiger partial charge on any atom is 0.417 e. The van der Waals surface area contributed by atoms with Gasteiger partial charge in [-0.05, 0) is 35.2 Å². The highest BCUT2D eigenvalue weighted by molar-refractivity contribution is 5.92. The maximum absolute atomic E-state index is 13.4. The van der Waals surface area contributed by atoms with Crippen molar-refractivity contribution < 1.29 is 22.7 Å². The molecule has 0 atom stereocenters. The smallest absolute Gasteiger partial charge is 0.417 e. The fraction of sp³-hybridized carbons (Fsp3) is 0.0833. The third kappa shape index (κ3) is 4.64. The van der Waals surface area contributed by atoms with Crippen molar-refractivity contribution in [2.24, 2.45) is 0 Å². The molecular weight excluding hydrogens is 421 g/mol. The summed E-state index contributed by atoms with van der Waals surface area (Å²) in [5.74, 6) is 0. The lowest BCUT2D eigenvalue weighted by Crippen LogP contribution is -2.14. The van der Waals surface area contributed by atoms with E-state index in [1.54, 1.807) is 12.1 Å². The summed E-state index contributed by atoms with van der Waals surface area (Å²) in [5.41, 5.74) is -0.330. The number of ether oxygens (including phenoxy) is 1. The Bertz CT molecular complexity index is 1330. The summed E-state index contributed by atoms with van der Waals surface area (Å²) in [6, 6.07) is 20.2. The van der Waals surface area contributed by atoms with E-state index in [0.29, 0.717) is 11.1 Å². The number of amides is 1. The Balaban J connectivity index is 1.58. The zero-order chi connectivity index (χ0) is 22.7. The largest absolute Gasteiger partial charge is 0.444 e. The topological polar surface area (TPSA) is 71.2 Å². The summed E-state index contributed by atoms with van der Waals surface area (Å²) in [6.45, 7) is 0.0861. The minimum absolute atomic E-state index is 0.0541. The molecule has 2 N–H and O–H groups in total. The number of carbonyl (C=O) groups excluding carboxylic acids is 1. The van der Waals surface area contributed by atoms with Crippen molar-refractivity contribution in [3.05, 3.63) is 100 Å². The Labute approximate surface area is 180 Å². The number of rotatable bonds is 4. The van der Waals surface area contributed by atoms with Gasteiger partial charge in [-0.25, -0.2) is 4.79 Å². The number of alkyl halides is 3. The van der Waals surface area contributed by atoms with E-state index in [0.717, 1.165) is 11.6 Å². The van der Waals surface area contributed by atoms with Gasteiger partial charge in [0.15, 0.2) is 0 Å². The van der Waals surface area contributed by atoms with Crippen LogP contribution in [0, 0.1) is 0 Å². The quantitative estimate of drug-likeness (QED) is 0.413. The van der Waals surface area contributed by atoms with Crippen LogP contribution in [0.25, 0.3) is 22.0 Å². The molecule has 4 rings (SSSR count). The van der Waals surface area contributed by atoms with Crippen molar-refractivity contribution in [2.75, 3.05) is 5.32 Å². The lowest BCUT2D eigenvalue weighted by atomic mass is 10.0. The molecule has 0 aliphatic heterocycles. The number of anilines is 1. The average Bonchev–Trinajstić information content (AvgIpc) is 2.78. The van der Waals surface area contributed by atoms with Gasteiger partial charge < -0.3 is 9.72 Å². The van der Waals surface area contributed by atoms with Gasteiger partial charge in [-0.15, -0.1) is 0 Å². The third-order valence-electron chi connectivity index (χ3n) is 4.83. The number of halogens is 3. The van der Waals surface area contributed by atoms with Gasteiger partial charge in [-0.3, -0.25) is 10.1 Å². The maximum atomic E-state index is 13.4. The van der Waals surface area contributed by atoms with Crippen LogP contribution < -0.4 is 10.9 Å². The number of hydrogen-bond donors (Lipinski definition) is 2. The Kier molecular flexibility index (Phi) is 5.68. The van der Waals surface area contributed by atoms with Crippen molar-refractivity contribution in [3.8, 4) is 11.3 Å². The second-order valence-corrected chi connectivity index (χ2v) is 7.04. The first-order valence-electron chi connectivity index (χ1n) is 9.62. The molecule has 1 aromatic heterocycles. The molecular formula is C24H17F3N2O3. The van der Waals surface area contributed by atoms with Crippen molar-refractivity contribution in [1.82, 2.24) is 4.98 Å². The van der Waals surface area contributed by atoms with Gasteiger partial charge in [-0.2, -0.15) is 13.2 Å². The first-order chi connectivity index (χ1) is 15.3. The predicted octanol–water partition coefficient (Wildman–Crippen LogP) is 5.96. The molecule has 0 aliphatic carbocycles. The van der Waals surface area contributed by atoms with Crippen molar-refractivity contribution in [3.63, 3.8) is 0 Å². The Morgan fingerprint density at radius 3 is 2.41 bits per heavy atom. The summed E-state index contributed by atoms with van der Waals surface area (Å²) in [5, 5.41) is 3.20. The molecule has 8 heteroatoms. The number of pyridine rings is 1. The SMILES string of the molecule is O=C(Nc1ccc2cc(-c3ccccc3C(F)(F)F)[nH]c(=O)c2c1)OCc1ccccc1. The minimum atomic E-state index is -4.56. The molecule has 162 valence electrons. The lowest BCUT2D eigenvalue weighted by Gasteiger charge is -2.13. The third-order valence-corrected chi connectivity index (χ3v) is 4.83. The van der Waals surface area contributed by atoms with Crippen LogP contribution in [-0.2, 0) is 17.5 Å². The molecule has 0 spiro atoms. The number of aromatic amines is 1. The molecule has 0 saturated heterocycles. The van der Waals surface area contributed by atoms with Crippen molar-refractivity contribution >= 4 is 22.6 Å². The van der Waals surface area contributed by atoms with Gasteiger partial charge in [0.2, 0.25) is 0 Å². The van der Waals surface area contributed by atoms with Crippen LogP contribution in [0.5, 0.6) is 0 Å². The zero-order valence-electron chi connectivity index (χ0n) is 16.6. The molecule has 5 nitrogen and oxygen atoms in total. The monoisotopic (exact) mass is 438 g/mol. The fourth-order valence-corrected chi connectivity index (χ4v) is 3.33. The lowest BCUT2D eigenvalue weighted by molar-refractivity contribution is -0.137. The summed E-state index contributed by atoms with van der Waals surface area (Å²) < 4.78 is 45.2. The van der Waals surface area contributed by atoms with Gasteiger partial charge in [-0.1, -0.05) is 54.6 Å². The first kappa shape index (κ1) is 21.2. The van der Waals surface area contributed by atoms with E-state index in [1.807, 2.05) is 30.3 Å². The van der Waals surface area contributed by atoms with Crippen molar-refractivity contribution in [1.29, 1.82) is 0 Å². The summed E-state index contributed by atoms with van der Waals surface area (Å²) in [4.78, 5) is 27.2. The summed E-state index contributed by atoms with van der Waals surface area (Å²) in [6.07, 6.45) is -5.25. The molecule has 4 aromatic rings. The minimum Gasteiger partial charge on any atom is -0.444 e. The molecule has 0 unspecified atom stereocenters. The molecule has 1 heterocycles. The van der Waals surface area contributed by atoms with Crippen LogP contribution in [0.15, 0.2) is 83.7 Å². The van der Waals surface area contributed by atoms with Crippen LogP contribution >= 0.6 is 0 Å². The number of hydrogen-bond acceptors (Lipinski definition) is 3. The standard InChI is InChI=1S/C24H17F3N2O3/c25-24(26,27)20-9-5-4-8-18(20)21-12-16-10-11-17(13-19(16)22(30)29-21)28-23(31)32-14-15-6-2-1-3-7-15/h1-13H,14H2,(H,28,31)(H,29,30). The van der Waals surface area contributed by atoms with Crippen LogP contribution in [0.2, 0.25) is 0 Å². The highest BCUT2D eigenvalue weighted by Gasteiger charge is 2.33. The van der Waals surface area contributed by atoms with E-state index >= 15 is 0 Å². The Morgan fingerprint density at radius 2 is 1.66 bits per heavy atom. The van der Waals surface area contributed by atoms with E-state index in [2.05, 4.69) is 10.3 Å². The molecule has 32 heavy (non-hydrogen) atoms. The highest BCUT2D eigenvalue weighted by atomic mass is 19.4. The Hall–Kier alpha value is -4.07. The number of aromatic nitrogens is 1. The number of fused-ring (bicyclic) bond motifs is 1. The summed E-state index contributed by atoms with van der Waals surface area (Å²) in [7, 11) is 0. The van der Waals surface area contributed by atoms with Crippen LogP contribution in [-0.4, -0.2) is 11.1 Å². The van der Waals surface area contributed by atoms with E-state index in [4.69, 9.17) is 4.74 Å². The number of H-pyrrole nitrogens is 1. The highest BCUT2D eigenvalue weighted by Crippen LogP contribution is 2.36. The molecule has 3 aromatic carbocycles. The van der Waals surface area contributed by atoms with E-state index in [1.165, 1.54) is 30.3 Å². The second-order valence-electron chi connectivity index (χ2n) is 7.04. The molecule has 0 saturated carbocycles. The van der Waals surface area contributed by atoms with Gasteiger partial charge in [0.25, 0.3) is 5.56 Å². The molecule has 0 fully saturated rings. The molecule has 1 amide bonds. The van der Waals surface area contributed by atoms with Crippen molar-refractivity contribution in [2.45, 2.75) is 12.8 Å². The van der Waals surface area contributed by atoms with Gasteiger partial charge in [0.1, 0.15) is 6.61 Å². The molecule has 0 bridgehead atoms. The van der Waals surface area contributed by atoms with E-state index < -0.39 is 23.4 Å².